The maximum Gasteiger partial charge on any atom is 0.416 e. The molecule has 1 aliphatic rings. The molecule has 37 heavy (non-hydrogen) atoms. The summed E-state index contributed by atoms with van der Waals surface area (Å²) in [5.74, 6) is 1.16. The van der Waals surface area contributed by atoms with E-state index in [-0.39, 0.29) is 18.3 Å². The van der Waals surface area contributed by atoms with Crippen molar-refractivity contribution in [1.29, 1.82) is 0 Å². The number of hydroxylamine groups is 2. The van der Waals surface area contributed by atoms with Crippen LogP contribution in [-0.4, -0.2) is 64.2 Å². The zero-order valence-electron chi connectivity index (χ0n) is 22.0. The van der Waals surface area contributed by atoms with Gasteiger partial charge in [-0.3, -0.25) is 14.2 Å². The van der Waals surface area contributed by atoms with E-state index < -0.39 is 27.8 Å². The molecular formula is C25H39N5O5S2. The van der Waals surface area contributed by atoms with Gasteiger partial charge in [0.1, 0.15) is 12.4 Å². The number of amides is 1. The first kappa shape index (κ1) is 29.4. The van der Waals surface area contributed by atoms with Crippen LogP contribution in [0.25, 0.3) is 0 Å². The minimum atomic E-state index is -1.30. The Morgan fingerprint density at radius 3 is 2.70 bits per heavy atom. The topological polar surface area (TPSA) is 117 Å². The van der Waals surface area contributed by atoms with E-state index in [2.05, 4.69) is 29.4 Å². The number of rotatable bonds is 15. The third-order valence-corrected chi connectivity index (χ3v) is 8.84. The lowest BCUT2D eigenvalue weighted by atomic mass is 10.2. The molecule has 1 aliphatic heterocycles. The normalized spacial score (nSPS) is 20.6. The quantitative estimate of drug-likeness (QED) is 0.175. The fourth-order valence-corrected chi connectivity index (χ4v) is 6.33. The SMILES string of the molecule is CCCCCCOc1cccc(NC(=O)OC2CN(C)C[N+]2([O-])c2nnc(S(=O)CCCCCC)s2)c1. The smallest absolute Gasteiger partial charge is 0.416 e. The van der Waals surface area contributed by atoms with Gasteiger partial charge in [-0.15, -0.1) is 5.10 Å². The second-order valence-corrected chi connectivity index (χ2v) is 12.1. The second-order valence-electron chi connectivity index (χ2n) is 9.36. The lowest BCUT2D eigenvalue weighted by molar-refractivity contribution is 0.0553. The highest BCUT2D eigenvalue weighted by atomic mass is 32.2. The highest BCUT2D eigenvalue weighted by Crippen LogP contribution is 2.35. The monoisotopic (exact) mass is 553 g/mol. The van der Waals surface area contributed by atoms with Crippen molar-refractivity contribution in [2.75, 3.05) is 37.9 Å². The Morgan fingerprint density at radius 2 is 1.95 bits per heavy atom. The highest BCUT2D eigenvalue weighted by Gasteiger charge is 2.45. The van der Waals surface area contributed by atoms with E-state index in [9.17, 15) is 14.2 Å². The Bertz CT molecular complexity index is 1020. The molecular weight excluding hydrogens is 514 g/mol. The number of likely N-dealkylation sites (N-methyl/N-ethyl adjacent to an activating group) is 1. The summed E-state index contributed by atoms with van der Waals surface area (Å²) in [5.41, 5.74) is 0.517. The van der Waals surface area contributed by atoms with Gasteiger partial charge in [-0.1, -0.05) is 63.5 Å². The molecule has 0 bridgehead atoms. The molecule has 3 rings (SSSR count). The van der Waals surface area contributed by atoms with Gasteiger partial charge < -0.3 is 14.7 Å². The number of hydrogen-bond acceptors (Lipinski definition) is 9. The first-order chi connectivity index (χ1) is 17.9. The number of hydrogen-bond donors (Lipinski definition) is 1. The van der Waals surface area contributed by atoms with E-state index in [4.69, 9.17) is 9.47 Å². The Kier molecular flexibility index (Phi) is 11.7. The number of carbonyl (C=O) groups is 1. The number of quaternary nitrogens is 1. The van der Waals surface area contributed by atoms with Crippen LogP contribution in [0, 0.1) is 5.21 Å². The number of ether oxygens (including phenoxy) is 2. The highest BCUT2D eigenvalue weighted by molar-refractivity contribution is 7.87. The average molecular weight is 554 g/mol. The van der Waals surface area contributed by atoms with Crippen LogP contribution in [0.2, 0.25) is 0 Å². The number of benzene rings is 1. The fourth-order valence-electron chi connectivity index (χ4n) is 4.06. The fraction of sp³-hybridized carbons (Fsp3) is 0.640. The summed E-state index contributed by atoms with van der Waals surface area (Å²) in [7, 11) is 0.481. The summed E-state index contributed by atoms with van der Waals surface area (Å²) in [4.78, 5) is 14.5. The van der Waals surface area contributed by atoms with Crippen LogP contribution in [0.4, 0.5) is 15.6 Å². The van der Waals surface area contributed by atoms with E-state index in [0.29, 0.717) is 28.1 Å². The number of nitrogens with one attached hydrogen (secondary N) is 1. The van der Waals surface area contributed by atoms with Gasteiger partial charge in [0, 0.05) is 17.5 Å². The number of nitrogens with zero attached hydrogens (tertiary/aromatic N) is 4. The second kappa shape index (κ2) is 14.7. The van der Waals surface area contributed by atoms with Crippen LogP contribution < -0.4 is 14.7 Å². The maximum atomic E-state index is 13.8. The average Bonchev–Trinajstić information content (AvgIpc) is 3.47. The third-order valence-electron chi connectivity index (χ3n) is 6.07. The van der Waals surface area contributed by atoms with Crippen molar-refractivity contribution in [2.45, 2.75) is 75.8 Å². The molecule has 3 atom stereocenters. The standard InChI is InChI=1S/C25H39N5O5S2/c1-4-6-8-10-15-34-21-14-12-13-20(17-21)26-24(31)35-22-18-29(3)19-30(22,32)23-27-28-25(36-23)37(33)16-11-9-7-5-2/h12-14,17,22H,4-11,15-16,18-19H2,1-3H3,(H,26,31). The number of unbranched alkanes of at least 4 members (excludes halogenated alkanes) is 6. The summed E-state index contributed by atoms with van der Waals surface area (Å²) in [6.07, 6.45) is 6.75. The van der Waals surface area contributed by atoms with Crippen molar-refractivity contribution >= 4 is 39.0 Å². The molecule has 1 aromatic carbocycles. The lowest BCUT2D eigenvalue weighted by Crippen LogP contribution is -2.51. The van der Waals surface area contributed by atoms with Crippen molar-refractivity contribution in [3.63, 3.8) is 0 Å². The van der Waals surface area contributed by atoms with Crippen LogP contribution in [0.3, 0.4) is 0 Å². The molecule has 1 aromatic heterocycles. The van der Waals surface area contributed by atoms with E-state index in [1.54, 1.807) is 30.1 Å². The van der Waals surface area contributed by atoms with Gasteiger partial charge in [-0.05, 0) is 43.4 Å². The Labute approximate surface area is 226 Å². The molecule has 10 nitrogen and oxygen atoms in total. The number of carbonyl (C=O) groups excluding carboxylic acids is 1. The largest absolute Gasteiger partial charge is 0.622 e. The van der Waals surface area contributed by atoms with E-state index in [0.717, 1.165) is 49.9 Å². The van der Waals surface area contributed by atoms with Crippen molar-refractivity contribution in [2.24, 2.45) is 0 Å². The molecule has 12 heteroatoms. The molecule has 2 aromatic rings. The van der Waals surface area contributed by atoms with Crippen molar-refractivity contribution in [3.8, 4) is 5.75 Å². The number of aromatic nitrogens is 2. The van der Waals surface area contributed by atoms with Crippen LogP contribution in [0.15, 0.2) is 28.6 Å². The van der Waals surface area contributed by atoms with Gasteiger partial charge in [-0.2, -0.15) is 0 Å². The van der Waals surface area contributed by atoms with E-state index in [1.807, 2.05) is 6.07 Å². The third kappa shape index (κ3) is 8.71. The summed E-state index contributed by atoms with van der Waals surface area (Å²) in [6.45, 7) is 5.20. The lowest BCUT2D eigenvalue weighted by Gasteiger charge is -2.38. The van der Waals surface area contributed by atoms with Gasteiger partial charge in [0.2, 0.25) is 4.34 Å². The number of anilines is 1. The Balaban J connectivity index is 1.58. The van der Waals surface area contributed by atoms with Crippen molar-refractivity contribution in [1.82, 2.24) is 19.7 Å². The van der Waals surface area contributed by atoms with Crippen molar-refractivity contribution in [3.05, 3.63) is 29.5 Å². The molecule has 0 saturated carbocycles. The molecule has 1 amide bonds. The maximum absolute atomic E-state index is 13.8. The molecule has 0 aliphatic carbocycles. The predicted octanol–water partition coefficient (Wildman–Crippen LogP) is 5.47. The zero-order valence-corrected chi connectivity index (χ0v) is 23.7. The van der Waals surface area contributed by atoms with Crippen LogP contribution in [0.1, 0.15) is 65.2 Å². The van der Waals surface area contributed by atoms with Gasteiger partial charge >= 0.3 is 11.2 Å². The van der Waals surface area contributed by atoms with Crippen LogP contribution in [0.5, 0.6) is 5.75 Å². The molecule has 0 spiro atoms. The molecule has 0 radical (unpaired) electrons. The molecule has 1 N–H and O–H groups in total. The summed E-state index contributed by atoms with van der Waals surface area (Å²) < 4.78 is 23.3. The zero-order chi connectivity index (χ0) is 26.7. The van der Waals surface area contributed by atoms with Crippen molar-refractivity contribution < 1.29 is 18.5 Å². The van der Waals surface area contributed by atoms with Gasteiger partial charge in [-0.25, -0.2) is 9.69 Å². The van der Waals surface area contributed by atoms with Gasteiger partial charge in [0.25, 0.3) is 6.23 Å². The summed E-state index contributed by atoms with van der Waals surface area (Å²) in [6, 6.07) is 7.09. The predicted molar refractivity (Wildman–Crippen MR) is 148 cm³/mol. The minimum absolute atomic E-state index is 0.0527. The Hall–Kier alpha value is -2.12. The molecule has 3 unspecified atom stereocenters. The first-order valence-electron chi connectivity index (χ1n) is 13.1. The minimum Gasteiger partial charge on any atom is -0.622 e. The van der Waals surface area contributed by atoms with Crippen LogP contribution in [-0.2, 0) is 15.5 Å². The van der Waals surface area contributed by atoms with Gasteiger partial charge in [0.15, 0.2) is 0 Å². The molecule has 1 fully saturated rings. The van der Waals surface area contributed by atoms with Crippen LogP contribution >= 0.6 is 11.3 Å². The van der Waals surface area contributed by atoms with E-state index >= 15 is 0 Å². The summed E-state index contributed by atoms with van der Waals surface area (Å²) >= 11 is 1.03. The molecule has 206 valence electrons. The first-order valence-corrected chi connectivity index (χ1v) is 15.2. The molecule has 1 saturated heterocycles. The summed E-state index contributed by atoms with van der Waals surface area (Å²) in [5, 5.41) is 24.7. The Morgan fingerprint density at radius 1 is 1.19 bits per heavy atom. The van der Waals surface area contributed by atoms with Gasteiger partial charge in [0.05, 0.1) is 24.0 Å². The molecule has 2 heterocycles. The van der Waals surface area contributed by atoms with E-state index in [1.165, 1.54) is 12.8 Å².